The van der Waals surface area contributed by atoms with Gasteiger partial charge < -0.3 is 15.5 Å². The zero-order valence-electron chi connectivity index (χ0n) is 16.4. The standard InChI is InChI=1S/C22H30FN3O2/c23-19-8-4-16(5-9-19)12-25-21(28)26-14-18(13-24-20(27)17-6-7-17)22(15-26)10-2-1-3-11-22/h4-5,8-9,17-18H,1-3,6-7,10-15H2,(H,24,27)(H,25,28). The zero-order chi connectivity index (χ0) is 19.6. The van der Waals surface area contributed by atoms with Crippen LogP contribution in [0.5, 0.6) is 0 Å². The van der Waals surface area contributed by atoms with E-state index in [2.05, 4.69) is 10.6 Å². The highest BCUT2D eigenvalue weighted by molar-refractivity contribution is 5.80. The first-order valence-electron chi connectivity index (χ1n) is 10.6. The van der Waals surface area contributed by atoms with Gasteiger partial charge in [-0.05, 0) is 48.8 Å². The molecule has 2 N–H and O–H groups in total. The zero-order valence-corrected chi connectivity index (χ0v) is 16.4. The minimum atomic E-state index is -0.273. The fourth-order valence-electron chi connectivity index (χ4n) is 4.90. The lowest BCUT2D eigenvalue weighted by Gasteiger charge is -2.38. The maximum atomic E-state index is 13.0. The summed E-state index contributed by atoms with van der Waals surface area (Å²) < 4.78 is 13.0. The Kier molecular flexibility index (Phi) is 5.56. The van der Waals surface area contributed by atoms with Gasteiger partial charge in [0.1, 0.15) is 5.82 Å². The van der Waals surface area contributed by atoms with Crippen LogP contribution in [-0.4, -0.2) is 36.5 Å². The van der Waals surface area contributed by atoms with E-state index in [0.717, 1.165) is 37.8 Å². The quantitative estimate of drug-likeness (QED) is 0.813. The normalized spacial score (nSPS) is 23.6. The molecule has 4 rings (SSSR count). The minimum Gasteiger partial charge on any atom is -0.355 e. The lowest BCUT2D eigenvalue weighted by Crippen LogP contribution is -2.40. The van der Waals surface area contributed by atoms with Crippen LogP contribution in [0.4, 0.5) is 9.18 Å². The highest BCUT2D eigenvalue weighted by Gasteiger charge is 2.48. The van der Waals surface area contributed by atoms with Crippen molar-refractivity contribution in [1.29, 1.82) is 0 Å². The first-order valence-corrected chi connectivity index (χ1v) is 10.6. The lowest BCUT2D eigenvalue weighted by atomic mass is 9.67. The van der Waals surface area contributed by atoms with Gasteiger partial charge in [-0.15, -0.1) is 0 Å². The van der Waals surface area contributed by atoms with Gasteiger partial charge >= 0.3 is 6.03 Å². The molecule has 2 aliphatic carbocycles. The fraction of sp³-hybridized carbons (Fsp3) is 0.636. The average Bonchev–Trinajstić information content (AvgIpc) is 3.50. The van der Waals surface area contributed by atoms with E-state index in [4.69, 9.17) is 0 Å². The third-order valence-corrected chi connectivity index (χ3v) is 6.78. The van der Waals surface area contributed by atoms with Crippen LogP contribution in [0.3, 0.4) is 0 Å². The van der Waals surface area contributed by atoms with Crippen molar-refractivity contribution in [2.75, 3.05) is 19.6 Å². The van der Waals surface area contributed by atoms with Crippen molar-refractivity contribution in [2.45, 2.75) is 51.5 Å². The van der Waals surface area contributed by atoms with E-state index in [0.29, 0.717) is 25.6 Å². The van der Waals surface area contributed by atoms with Crippen molar-refractivity contribution >= 4 is 11.9 Å². The number of likely N-dealkylation sites (tertiary alicyclic amines) is 1. The molecule has 152 valence electrons. The third kappa shape index (κ3) is 4.31. The largest absolute Gasteiger partial charge is 0.355 e. The van der Waals surface area contributed by atoms with Crippen LogP contribution in [-0.2, 0) is 11.3 Å². The highest BCUT2D eigenvalue weighted by Crippen LogP contribution is 2.47. The molecular formula is C22H30FN3O2. The lowest BCUT2D eigenvalue weighted by molar-refractivity contribution is -0.122. The molecule has 1 unspecified atom stereocenters. The van der Waals surface area contributed by atoms with E-state index < -0.39 is 0 Å². The molecule has 2 saturated carbocycles. The molecule has 3 aliphatic rings. The molecule has 1 aliphatic heterocycles. The molecule has 1 atom stereocenters. The van der Waals surface area contributed by atoms with E-state index in [9.17, 15) is 14.0 Å². The Morgan fingerprint density at radius 3 is 2.46 bits per heavy atom. The van der Waals surface area contributed by atoms with Gasteiger partial charge in [0.25, 0.3) is 0 Å². The van der Waals surface area contributed by atoms with Crippen LogP contribution in [0.2, 0.25) is 0 Å². The summed E-state index contributed by atoms with van der Waals surface area (Å²) in [4.78, 5) is 26.8. The number of carbonyl (C=O) groups is 2. The molecule has 1 heterocycles. The van der Waals surface area contributed by atoms with Crippen molar-refractivity contribution < 1.29 is 14.0 Å². The van der Waals surface area contributed by atoms with E-state index in [1.54, 1.807) is 12.1 Å². The van der Waals surface area contributed by atoms with E-state index in [-0.39, 0.29) is 29.1 Å². The number of amides is 3. The Balaban J connectivity index is 1.36. The first-order chi connectivity index (χ1) is 13.6. The summed E-state index contributed by atoms with van der Waals surface area (Å²) >= 11 is 0. The van der Waals surface area contributed by atoms with Gasteiger partial charge in [-0.2, -0.15) is 0 Å². The second-order valence-electron chi connectivity index (χ2n) is 8.81. The minimum absolute atomic E-state index is 0.0645. The molecule has 0 bridgehead atoms. The Morgan fingerprint density at radius 2 is 1.79 bits per heavy atom. The number of hydrogen-bond acceptors (Lipinski definition) is 2. The van der Waals surface area contributed by atoms with Crippen molar-refractivity contribution in [3.63, 3.8) is 0 Å². The molecule has 1 saturated heterocycles. The Labute approximate surface area is 166 Å². The van der Waals surface area contributed by atoms with Gasteiger partial charge in [-0.3, -0.25) is 4.79 Å². The van der Waals surface area contributed by atoms with Crippen LogP contribution in [0.15, 0.2) is 24.3 Å². The molecule has 1 aromatic carbocycles. The van der Waals surface area contributed by atoms with E-state index in [1.807, 2.05) is 4.90 Å². The molecule has 1 aromatic rings. The Hall–Kier alpha value is -2.11. The SMILES string of the molecule is O=C(NCC1CN(C(=O)NCc2ccc(F)cc2)CC12CCCCC2)C1CC1. The van der Waals surface area contributed by atoms with Gasteiger partial charge in [0.2, 0.25) is 5.91 Å². The summed E-state index contributed by atoms with van der Waals surface area (Å²) in [5.41, 5.74) is 1.03. The molecule has 6 heteroatoms. The number of rotatable bonds is 5. The maximum absolute atomic E-state index is 13.0. The molecular weight excluding hydrogens is 357 g/mol. The van der Waals surface area contributed by atoms with Crippen molar-refractivity contribution in [3.8, 4) is 0 Å². The molecule has 28 heavy (non-hydrogen) atoms. The van der Waals surface area contributed by atoms with E-state index >= 15 is 0 Å². The topological polar surface area (TPSA) is 61.4 Å². The van der Waals surface area contributed by atoms with Crippen LogP contribution >= 0.6 is 0 Å². The van der Waals surface area contributed by atoms with Gasteiger partial charge in [0.05, 0.1) is 0 Å². The monoisotopic (exact) mass is 387 g/mol. The predicted molar refractivity (Wildman–Crippen MR) is 105 cm³/mol. The smallest absolute Gasteiger partial charge is 0.317 e. The number of nitrogens with one attached hydrogen (secondary N) is 2. The summed E-state index contributed by atoms with van der Waals surface area (Å²) in [6.45, 7) is 2.54. The van der Waals surface area contributed by atoms with Crippen LogP contribution in [0.25, 0.3) is 0 Å². The number of benzene rings is 1. The number of carbonyl (C=O) groups excluding carboxylic acids is 2. The second-order valence-corrected chi connectivity index (χ2v) is 8.81. The van der Waals surface area contributed by atoms with Gasteiger partial charge in [-0.25, -0.2) is 9.18 Å². The summed E-state index contributed by atoms with van der Waals surface area (Å²) in [6, 6.07) is 6.14. The number of nitrogens with zero attached hydrogens (tertiary/aromatic N) is 1. The van der Waals surface area contributed by atoms with Crippen molar-refractivity contribution in [1.82, 2.24) is 15.5 Å². The second kappa shape index (κ2) is 8.10. The molecule has 0 aromatic heterocycles. The van der Waals surface area contributed by atoms with Gasteiger partial charge in [-0.1, -0.05) is 31.4 Å². The average molecular weight is 387 g/mol. The number of halogens is 1. The van der Waals surface area contributed by atoms with E-state index in [1.165, 1.54) is 31.4 Å². The summed E-state index contributed by atoms with van der Waals surface area (Å²) in [5, 5.41) is 6.12. The Bertz CT molecular complexity index is 711. The molecule has 5 nitrogen and oxygen atoms in total. The van der Waals surface area contributed by atoms with Crippen molar-refractivity contribution in [2.24, 2.45) is 17.3 Å². The maximum Gasteiger partial charge on any atom is 0.317 e. The summed E-state index contributed by atoms with van der Waals surface area (Å²) in [5.74, 6) is 0.459. The van der Waals surface area contributed by atoms with Gasteiger partial charge in [0.15, 0.2) is 0 Å². The van der Waals surface area contributed by atoms with Crippen LogP contribution in [0, 0.1) is 23.1 Å². The predicted octanol–water partition coefficient (Wildman–Crippen LogP) is 3.44. The van der Waals surface area contributed by atoms with Crippen LogP contribution in [0.1, 0.15) is 50.5 Å². The Morgan fingerprint density at radius 1 is 1.07 bits per heavy atom. The molecule has 3 amide bonds. The van der Waals surface area contributed by atoms with Crippen molar-refractivity contribution in [3.05, 3.63) is 35.6 Å². The first kappa shape index (κ1) is 19.2. The summed E-state index contributed by atoms with van der Waals surface area (Å²) in [7, 11) is 0. The molecule has 0 radical (unpaired) electrons. The highest BCUT2D eigenvalue weighted by atomic mass is 19.1. The number of hydrogen-bond donors (Lipinski definition) is 2. The molecule has 3 fully saturated rings. The van der Waals surface area contributed by atoms with Crippen LogP contribution < -0.4 is 10.6 Å². The number of urea groups is 1. The van der Waals surface area contributed by atoms with Gasteiger partial charge in [0, 0.05) is 38.0 Å². The molecule has 1 spiro atoms. The third-order valence-electron chi connectivity index (χ3n) is 6.78. The fourth-order valence-corrected chi connectivity index (χ4v) is 4.90. The summed E-state index contributed by atoms with van der Waals surface area (Å²) in [6.07, 6.45) is 7.98.